The van der Waals surface area contributed by atoms with Crippen molar-refractivity contribution in [1.29, 1.82) is 0 Å². The molecule has 4 rings (SSSR count). The Morgan fingerprint density at radius 3 is 2.24 bits per heavy atom. The van der Waals surface area contributed by atoms with Crippen molar-refractivity contribution in [2.75, 3.05) is 0 Å². The Morgan fingerprint density at radius 1 is 1.03 bits per heavy atom. The Morgan fingerprint density at radius 2 is 1.66 bits per heavy atom. The summed E-state index contributed by atoms with van der Waals surface area (Å²) < 4.78 is 28.6. The highest BCUT2D eigenvalue weighted by molar-refractivity contribution is 7.89. The number of hydroxylamine groups is 2. The molecule has 2 N–H and O–H groups in total. The molecule has 29 heavy (non-hydrogen) atoms. The Hall–Kier alpha value is -3.77. The van der Waals surface area contributed by atoms with Gasteiger partial charge in [0.15, 0.2) is 5.58 Å². The summed E-state index contributed by atoms with van der Waals surface area (Å²) in [6.45, 7) is -0.687. The Balaban J connectivity index is 1.59. The topological polar surface area (TPSA) is 159 Å². The maximum Gasteiger partial charge on any atom is 0.420 e. The Bertz CT molecular complexity index is 1330. The number of oxazole rings is 1. The molecule has 0 aliphatic carbocycles. The Labute approximate surface area is 161 Å². The largest absolute Gasteiger partial charge is 0.420 e. The number of fused-ring (bicyclic) bond motifs is 2. The van der Waals surface area contributed by atoms with E-state index in [9.17, 15) is 27.6 Å². The van der Waals surface area contributed by atoms with E-state index in [0.29, 0.717) is 5.06 Å². The SMILES string of the molecule is NS(=O)(=O)c1ccc2c(c1)oc(=O)n2CC(=O)ON1C(=O)c2ccccc2C1=O. The van der Waals surface area contributed by atoms with Crippen molar-refractivity contribution >= 4 is 38.9 Å². The van der Waals surface area contributed by atoms with Crippen LogP contribution in [0.1, 0.15) is 20.7 Å². The second kappa shape index (κ2) is 6.39. The van der Waals surface area contributed by atoms with Crippen LogP contribution in [-0.2, 0) is 26.2 Å². The van der Waals surface area contributed by atoms with Crippen LogP contribution in [0.2, 0.25) is 0 Å². The number of carbonyl (C=O) groups excluding carboxylic acids is 3. The lowest BCUT2D eigenvalue weighted by Gasteiger charge is -2.12. The molecule has 148 valence electrons. The van der Waals surface area contributed by atoms with Crippen molar-refractivity contribution in [3.63, 3.8) is 0 Å². The second-order valence-electron chi connectivity index (χ2n) is 6.04. The fourth-order valence-corrected chi connectivity index (χ4v) is 3.41. The zero-order chi connectivity index (χ0) is 20.9. The number of hydrogen-bond donors (Lipinski definition) is 1. The van der Waals surface area contributed by atoms with E-state index < -0.39 is 40.1 Å². The molecule has 3 aromatic rings. The lowest BCUT2D eigenvalue weighted by Crippen LogP contribution is -2.34. The molecule has 2 aromatic carbocycles. The van der Waals surface area contributed by atoms with E-state index in [0.717, 1.165) is 16.7 Å². The van der Waals surface area contributed by atoms with E-state index in [2.05, 4.69) is 0 Å². The highest BCUT2D eigenvalue weighted by atomic mass is 32.2. The molecular weight excluding hydrogens is 406 g/mol. The summed E-state index contributed by atoms with van der Waals surface area (Å²) >= 11 is 0. The first-order valence-corrected chi connectivity index (χ1v) is 9.56. The third-order valence-electron chi connectivity index (χ3n) is 4.21. The van der Waals surface area contributed by atoms with Crippen molar-refractivity contribution in [2.45, 2.75) is 11.4 Å². The number of primary sulfonamides is 1. The predicted octanol–water partition coefficient (Wildman–Crippen LogP) is -0.00370. The fraction of sp³-hybridized carbons (Fsp3) is 0.0588. The number of sulfonamides is 1. The smallest absolute Gasteiger partial charge is 0.408 e. The standard InChI is InChI=1S/C17H11N3O8S/c18-29(25,26)9-5-6-12-13(7-9)27-17(24)19(12)8-14(21)28-20-15(22)10-3-1-2-4-11(10)16(20)23/h1-7H,8H2,(H2,18,25,26). The van der Waals surface area contributed by atoms with Crippen LogP contribution in [0.25, 0.3) is 11.1 Å². The first kappa shape index (κ1) is 18.6. The van der Waals surface area contributed by atoms with E-state index in [1.165, 1.54) is 18.2 Å². The van der Waals surface area contributed by atoms with Gasteiger partial charge in [-0.25, -0.2) is 23.1 Å². The van der Waals surface area contributed by atoms with Gasteiger partial charge in [0, 0.05) is 6.07 Å². The number of nitrogens with zero attached hydrogens (tertiary/aromatic N) is 2. The van der Waals surface area contributed by atoms with E-state index in [4.69, 9.17) is 14.4 Å². The van der Waals surface area contributed by atoms with Crippen molar-refractivity contribution in [3.8, 4) is 0 Å². The van der Waals surface area contributed by atoms with E-state index in [-0.39, 0.29) is 27.1 Å². The van der Waals surface area contributed by atoms with E-state index >= 15 is 0 Å². The molecule has 0 saturated heterocycles. The molecule has 0 fully saturated rings. The van der Waals surface area contributed by atoms with Crippen LogP contribution < -0.4 is 10.9 Å². The number of imide groups is 1. The van der Waals surface area contributed by atoms with Gasteiger partial charge in [-0.1, -0.05) is 17.2 Å². The minimum Gasteiger partial charge on any atom is -0.408 e. The monoisotopic (exact) mass is 417 g/mol. The van der Waals surface area contributed by atoms with Gasteiger partial charge in [0.2, 0.25) is 10.0 Å². The quantitative estimate of drug-likeness (QED) is 0.581. The van der Waals surface area contributed by atoms with Gasteiger partial charge in [0.05, 0.1) is 21.5 Å². The lowest BCUT2D eigenvalue weighted by atomic mass is 10.1. The highest BCUT2D eigenvalue weighted by Gasteiger charge is 2.38. The maximum atomic E-state index is 12.2. The van der Waals surface area contributed by atoms with Crippen LogP contribution >= 0.6 is 0 Å². The van der Waals surface area contributed by atoms with E-state index in [1.807, 2.05) is 0 Å². The van der Waals surface area contributed by atoms with E-state index in [1.54, 1.807) is 12.1 Å². The summed E-state index contributed by atoms with van der Waals surface area (Å²) in [7, 11) is -4.02. The molecule has 0 unspecified atom stereocenters. The van der Waals surface area contributed by atoms with Gasteiger partial charge in [-0.2, -0.15) is 0 Å². The fourth-order valence-electron chi connectivity index (χ4n) is 2.88. The van der Waals surface area contributed by atoms with Gasteiger partial charge >= 0.3 is 11.7 Å². The lowest BCUT2D eigenvalue weighted by molar-refractivity contribution is -0.169. The summed E-state index contributed by atoms with van der Waals surface area (Å²) in [5.41, 5.74) is 0.162. The number of hydrogen-bond acceptors (Lipinski definition) is 8. The minimum atomic E-state index is -4.02. The van der Waals surface area contributed by atoms with Crippen LogP contribution in [0, 0.1) is 0 Å². The second-order valence-corrected chi connectivity index (χ2v) is 7.60. The van der Waals surface area contributed by atoms with Gasteiger partial charge in [-0.15, -0.1) is 0 Å². The number of amides is 2. The summed E-state index contributed by atoms with van der Waals surface area (Å²) in [5, 5.41) is 5.35. The molecule has 1 aliphatic heterocycles. The third-order valence-corrected chi connectivity index (χ3v) is 5.12. The van der Waals surface area contributed by atoms with Gasteiger partial charge in [-0.3, -0.25) is 14.2 Å². The van der Waals surface area contributed by atoms with Gasteiger partial charge in [0.25, 0.3) is 11.8 Å². The highest BCUT2D eigenvalue weighted by Crippen LogP contribution is 2.23. The van der Waals surface area contributed by atoms with Crippen molar-refractivity contribution in [1.82, 2.24) is 9.63 Å². The van der Waals surface area contributed by atoms with Crippen molar-refractivity contribution in [2.24, 2.45) is 5.14 Å². The summed E-state index contributed by atoms with van der Waals surface area (Å²) in [5.74, 6) is -3.66. The van der Waals surface area contributed by atoms with Crippen LogP contribution in [0.15, 0.2) is 56.6 Å². The third kappa shape index (κ3) is 3.09. The van der Waals surface area contributed by atoms with Crippen LogP contribution in [0.3, 0.4) is 0 Å². The molecule has 2 amide bonds. The van der Waals surface area contributed by atoms with Gasteiger partial charge in [-0.05, 0) is 24.3 Å². The van der Waals surface area contributed by atoms with Gasteiger partial charge < -0.3 is 9.25 Å². The normalized spacial score (nSPS) is 13.8. The molecule has 0 saturated carbocycles. The number of benzene rings is 2. The molecule has 0 radical (unpaired) electrons. The van der Waals surface area contributed by atoms with Crippen molar-refractivity contribution in [3.05, 3.63) is 64.1 Å². The number of aromatic nitrogens is 1. The first-order valence-electron chi connectivity index (χ1n) is 8.01. The molecule has 0 spiro atoms. The van der Waals surface area contributed by atoms with Crippen LogP contribution in [0.4, 0.5) is 0 Å². The number of rotatable bonds is 4. The first-order chi connectivity index (χ1) is 13.7. The van der Waals surface area contributed by atoms with Crippen LogP contribution in [0.5, 0.6) is 0 Å². The summed E-state index contributed by atoms with van der Waals surface area (Å²) in [4.78, 5) is 53.3. The molecule has 0 atom stereocenters. The zero-order valence-corrected chi connectivity index (χ0v) is 15.2. The molecule has 1 aliphatic rings. The summed E-state index contributed by atoms with van der Waals surface area (Å²) in [6.07, 6.45) is 0. The Kier molecular flexibility index (Phi) is 4.10. The van der Waals surface area contributed by atoms with Gasteiger partial charge in [0.1, 0.15) is 6.54 Å². The van der Waals surface area contributed by atoms with Crippen LogP contribution in [-0.4, -0.2) is 35.8 Å². The average Bonchev–Trinajstić information content (AvgIpc) is 3.10. The molecular formula is C17H11N3O8S. The summed E-state index contributed by atoms with van der Waals surface area (Å²) in [6, 6.07) is 9.36. The number of carbonyl (C=O) groups is 3. The zero-order valence-electron chi connectivity index (χ0n) is 14.4. The molecule has 11 nitrogen and oxygen atoms in total. The molecule has 0 bridgehead atoms. The molecule has 2 heterocycles. The van der Waals surface area contributed by atoms with Crippen molar-refractivity contribution < 1.29 is 32.1 Å². The average molecular weight is 417 g/mol. The molecule has 1 aromatic heterocycles. The maximum absolute atomic E-state index is 12.2. The predicted molar refractivity (Wildman–Crippen MR) is 94.9 cm³/mol. The minimum absolute atomic E-state index is 0.0896. The molecule has 12 heteroatoms. The number of nitrogens with two attached hydrogens (primary N) is 1.